The van der Waals surface area contributed by atoms with E-state index < -0.39 is 0 Å². The van der Waals surface area contributed by atoms with E-state index in [1.165, 1.54) is 0 Å². The molecule has 0 bridgehead atoms. The Morgan fingerprint density at radius 1 is 1.23 bits per heavy atom. The number of carbonyl (C=O) groups is 1. The van der Waals surface area contributed by atoms with Crippen LogP contribution in [0.2, 0.25) is 5.02 Å². The molecule has 136 valence electrons. The Morgan fingerprint density at radius 2 is 2.08 bits per heavy atom. The molecule has 0 spiro atoms. The molecule has 5 N–H and O–H groups in total. The fourth-order valence-corrected chi connectivity index (χ4v) is 3.68. The SMILES string of the molecule is NC1CCCC[C@H]1Nc1nc2c(c(Nc3cccc(Cl)c3)n1)C(=O)NC2. The minimum Gasteiger partial charge on any atom is -0.350 e. The van der Waals surface area contributed by atoms with Crippen molar-refractivity contribution in [1.82, 2.24) is 15.3 Å². The van der Waals surface area contributed by atoms with E-state index in [0.717, 1.165) is 31.4 Å². The highest BCUT2D eigenvalue weighted by atomic mass is 35.5. The molecule has 1 aliphatic heterocycles. The summed E-state index contributed by atoms with van der Waals surface area (Å²) in [5.74, 6) is 0.789. The van der Waals surface area contributed by atoms with Gasteiger partial charge in [-0.2, -0.15) is 4.98 Å². The molecule has 1 unspecified atom stereocenters. The molecule has 0 saturated heterocycles. The third-order valence-corrected chi connectivity index (χ3v) is 5.08. The zero-order chi connectivity index (χ0) is 18.1. The van der Waals surface area contributed by atoms with E-state index in [9.17, 15) is 4.79 Å². The molecule has 1 amide bonds. The van der Waals surface area contributed by atoms with Crippen molar-refractivity contribution in [3.63, 3.8) is 0 Å². The molecular weight excluding hydrogens is 352 g/mol. The molecule has 1 saturated carbocycles. The van der Waals surface area contributed by atoms with E-state index in [2.05, 4.69) is 25.9 Å². The Balaban J connectivity index is 1.65. The van der Waals surface area contributed by atoms with Gasteiger partial charge in [0.15, 0.2) is 0 Å². The van der Waals surface area contributed by atoms with Crippen molar-refractivity contribution in [2.45, 2.75) is 44.3 Å². The average molecular weight is 373 g/mol. The highest BCUT2D eigenvalue weighted by Crippen LogP contribution is 2.28. The largest absolute Gasteiger partial charge is 0.350 e. The van der Waals surface area contributed by atoms with E-state index in [-0.39, 0.29) is 18.0 Å². The van der Waals surface area contributed by atoms with Crippen LogP contribution in [-0.4, -0.2) is 28.0 Å². The summed E-state index contributed by atoms with van der Waals surface area (Å²) in [6.45, 7) is 0.395. The highest BCUT2D eigenvalue weighted by molar-refractivity contribution is 6.30. The maximum absolute atomic E-state index is 12.2. The lowest BCUT2D eigenvalue weighted by Gasteiger charge is -2.29. The zero-order valence-electron chi connectivity index (χ0n) is 14.3. The lowest BCUT2D eigenvalue weighted by Crippen LogP contribution is -2.43. The predicted molar refractivity (Wildman–Crippen MR) is 102 cm³/mol. The number of nitrogens with two attached hydrogens (primary N) is 1. The van der Waals surface area contributed by atoms with Gasteiger partial charge in [-0.05, 0) is 31.0 Å². The number of rotatable bonds is 4. The summed E-state index contributed by atoms with van der Waals surface area (Å²) in [7, 11) is 0. The van der Waals surface area contributed by atoms with Crippen LogP contribution in [0.1, 0.15) is 41.7 Å². The van der Waals surface area contributed by atoms with E-state index in [1.54, 1.807) is 12.1 Å². The Morgan fingerprint density at radius 3 is 2.88 bits per heavy atom. The van der Waals surface area contributed by atoms with Crippen molar-refractivity contribution in [3.8, 4) is 0 Å². The number of amides is 1. The van der Waals surface area contributed by atoms with Gasteiger partial charge in [0, 0.05) is 22.8 Å². The van der Waals surface area contributed by atoms with Crippen LogP contribution in [0.15, 0.2) is 24.3 Å². The number of aromatic nitrogens is 2. The number of carbonyl (C=O) groups excluding carboxylic acids is 1. The monoisotopic (exact) mass is 372 g/mol. The summed E-state index contributed by atoms with van der Waals surface area (Å²) < 4.78 is 0. The molecule has 1 aromatic heterocycles. The van der Waals surface area contributed by atoms with Crippen molar-refractivity contribution in [2.24, 2.45) is 5.73 Å². The van der Waals surface area contributed by atoms with Gasteiger partial charge in [0.1, 0.15) is 11.4 Å². The summed E-state index contributed by atoms with van der Waals surface area (Å²) in [6, 6.07) is 7.52. The summed E-state index contributed by atoms with van der Waals surface area (Å²) in [5, 5.41) is 9.97. The minimum absolute atomic E-state index is 0.0877. The standard InChI is InChI=1S/C18H21ClN6O/c19-10-4-3-5-11(8-10)22-16-15-14(9-21-17(15)26)24-18(25-16)23-13-7-2-1-6-12(13)20/h3-5,8,12-13H,1-2,6-7,9,20H2,(H,21,26)(H2,22,23,24,25)/t12?,13-/m1/s1. The van der Waals surface area contributed by atoms with Gasteiger partial charge in [0.2, 0.25) is 5.95 Å². The normalized spacial score (nSPS) is 21.8. The van der Waals surface area contributed by atoms with Crippen molar-refractivity contribution < 1.29 is 4.79 Å². The number of anilines is 3. The minimum atomic E-state index is -0.176. The van der Waals surface area contributed by atoms with E-state index in [0.29, 0.717) is 34.6 Å². The second-order valence-electron chi connectivity index (χ2n) is 6.73. The topological polar surface area (TPSA) is 105 Å². The molecule has 2 aliphatic rings. The predicted octanol–water partition coefficient (Wildman–Crippen LogP) is 2.80. The van der Waals surface area contributed by atoms with Crippen LogP contribution in [0.25, 0.3) is 0 Å². The first-order valence-corrected chi connectivity index (χ1v) is 9.22. The molecule has 1 fully saturated rings. The van der Waals surface area contributed by atoms with Crippen molar-refractivity contribution in [2.75, 3.05) is 10.6 Å². The summed E-state index contributed by atoms with van der Waals surface area (Å²) >= 11 is 6.05. The average Bonchev–Trinajstić information content (AvgIpc) is 2.98. The van der Waals surface area contributed by atoms with Crippen LogP contribution < -0.4 is 21.7 Å². The lowest BCUT2D eigenvalue weighted by atomic mass is 9.91. The second kappa shape index (κ2) is 7.09. The summed E-state index contributed by atoms with van der Waals surface area (Å²) in [4.78, 5) is 21.3. The van der Waals surface area contributed by atoms with Crippen molar-refractivity contribution >= 4 is 35.0 Å². The summed E-state index contributed by atoms with van der Waals surface area (Å²) in [6.07, 6.45) is 4.29. The van der Waals surface area contributed by atoms with Gasteiger partial charge in [0.25, 0.3) is 5.91 Å². The molecule has 4 rings (SSSR count). The molecule has 1 aromatic carbocycles. The Hall–Kier alpha value is -2.38. The number of nitrogens with one attached hydrogen (secondary N) is 3. The van der Waals surface area contributed by atoms with Crippen LogP contribution in [0.3, 0.4) is 0 Å². The van der Waals surface area contributed by atoms with Gasteiger partial charge in [-0.1, -0.05) is 30.5 Å². The number of hydrogen-bond acceptors (Lipinski definition) is 6. The Labute approximate surface area is 156 Å². The number of hydrogen-bond donors (Lipinski definition) is 4. The van der Waals surface area contributed by atoms with E-state index in [4.69, 9.17) is 17.3 Å². The molecule has 7 nitrogen and oxygen atoms in total. The maximum atomic E-state index is 12.2. The molecule has 1 aliphatic carbocycles. The van der Waals surface area contributed by atoms with Crippen LogP contribution in [0.5, 0.6) is 0 Å². The van der Waals surface area contributed by atoms with Gasteiger partial charge in [-0.3, -0.25) is 4.79 Å². The molecule has 2 heterocycles. The van der Waals surface area contributed by atoms with Crippen molar-refractivity contribution in [1.29, 1.82) is 0 Å². The first kappa shape index (κ1) is 17.1. The van der Waals surface area contributed by atoms with Crippen LogP contribution in [-0.2, 0) is 6.54 Å². The third kappa shape index (κ3) is 3.45. The van der Waals surface area contributed by atoms with Crippen LogP contribution >= 0.6 is 11.6 Å². The quantitative estimate of drug-likeness (QED) is 0.657. The van der Waals surface area contributed by atoms with Gasteiger partial charge < -0.3 is 21.7 Å². The smallest absolute Gasteiger partial charge is 0.257 e. The van der Waals surface area contributed by atoms with Gasteiger partial charge in [0.05, 0.1) is 12.2 Å². The third-order valence-electron chi connectivity index (χ3n) is 4.85. The molecule has 2 atom stereocenters. The number of fused-ring (bicyclic) bond motifs is 1. The number of halogens is 1. The van der Waals surface area contributed by atoms with Gasteiger partial charge in [-0.25, -0.2) is 4.98 Å². The molecule has 26 heavy (non-hydrogen) atoms. The highest BCUT2D eigenvalue weighted by Gasteiger charge is 2.28. The van der Waals surface area contributed by atoms with Gasteiger partial charge in [-0.15, -0.1) is 0 Å². The molecule has 0 radical (unpaired) electrons. The second-order valence-corrected chi connectivity index (χ2v) is 7.17. The molecule has 2 aromatic rings. The zero-order valence-corrected chi connectivity index (χ0v) is 15.0. The Bertz CT molecular complexity index is 842. The van der Waals surface area contributed by atoms with Crippen LogP contribution in [0, 0.1) is 0 Å². The fraction of sp³-hybridized carbons (Fsp3) is 0.389. The van der Waals surface area contributed by atoms with Gasteiger partial charge >= 0.3 is 0 Å². The van der Waals surface area contributed by atoms with E-state index >= 15 is 0 Å². The first-order valence-electron chi connectivity index (χ1n) is 8.84. The van der Waals surface area contributed by atoms with E-state index in [1.807, 2.05) is 12.1 Å². The summed E-state index contributed by atoms with van der Waals surface area (Å²) in [5.41, 5.74) is 8.14. The number of benzene rings is 1. The number of nitrogens with zero attached hydrogens (tertiary/aromatic N) is 2. The Kier molecular flexibility index (Phi) is 4.65. The fourth-order valence-electron chi connectivity index (χ4n) is 3.49. The molecular formula is C18H21ClN6O. The van der Waals surface area contributed by atoms with Crippen molar-refractivity contribution in [3.05, 3.63) is 40.5 Å². The maximum Gasteiger partial charge on any atom is 0.257 e. The molecule has 8 heteroatoms. The first-order chi connectivity index (χ1) is 12.6. The van der Waals surface area contributed by atoms with Crippen LogP contribution in [0.4, 0.5) is 17.5 Å². The lowest BCUT2D eigenvalue weighted by molar-refractivity contribution is 0.0966.